The van der Waals surface area contributed by atoms with Crippen molar-refractivity contribution >= 4 is 5.97 Å². The molecule has 0 bridgehead atoms. The maximum Gasteiger partial charge on any atom is 0.312 e. The number of hydrogen-bond donors (Lipinski definition) is 2. The fourth-order valence-corrected chi connectivity index (χ4v) is 2.08. The van der Waals surface area contributed by atoms with Crippen LogP contribution < -0.4 is 0 Å². The molecule has 0 saturated carbocycles. The summed E-state index contributed by atoms with van der Waals surface area (Å²) in [4.78, 5) is 10.8. The van der Waals surface area contributed by atoms with E-state index in [0.29, 0.717) is 17.6 Å². The molecule has 0 radical (unpaired) electrons. The van der Waals surface area contributed by atoms with Crippen LogP contribution in [0.15, 0.2) is 0 Å². The van der Waals surface area contributed by atoms with Gasteiger partial charge in [0.25, 0.3) is 0 Å². The molecule has 0 aromatic rings. The fraction of sp³-hybridized carbons (Fsp3) is 0.889. The predicted molar refractivity (Wildman–Crippen MR) is 48.2 cm³/mol. The van der Waals surface area contributed by atoms with Gasteiger partial charge in [-0.15, -0.1) is 0 Å². The minimum absolute atomic E-state index is 0.142. The first-order chi connectivity index (χ1) is 6.07. The van der Waals surface area contributed by atoms with E-state index in [1.54, 1.807) is 0 Å². The Morgan fingerprint density at radius 3 is 2.85 bits per heavy atom. The molecule has 2 unspecified atom stereocenters. The lowest BCUT2D eigenvalue weighted by atomic mass is 9.96. The van der Waals surface area contributed by atoms with Crippen LogP contribution in [0.4, 0.5) is 0 Å². The zero-order valence-electron chi connectivity index (χ0n) is 8.07. The van der Waals surface area contributed by atoms with Crippen molar-refractivity contribution in [3.8, 4) is 0 Å². The average molecular weight is 188 g/mol. The molecule has 4 nitrogen and oxygen atoms in total. The smallest absolute Gasteiger partial charge is 0.312 e. The first-order valence-electron chi connectivity index (χ1n) is 4.75. The summed E-state index contributed by atoms with van der Waals surface area (Å²) in [5, 5.41) is 17.7. The zero-order valence-corrected chi connectivity index (χ0v) is 8.07. The summed E-state index contributed by atoms with van der Waals surface area (Å²) < 4.78 is 0.702. The Bertz CT molecular complexity index is 191. The van der Waals surface area contributed by atoms with Gasteiger partial charge in [-0.1, -0.05) is 0 Å². The number of likely N-dealkylation sites (tertiary alicyclic amines) is 1. The van der Waals surface area contributed by atoms with Crippen molar-refractivity contribution in [3.05, 3.63) is 0 Å². The van der Waals surface area contributed by atoms with Crippen LogP contribution in [0, 0.1) is 5.92 Å². The van der Waals surface area contributed by atoms with Crippen LogP contribution in [0.3, 0.4) is 0 Å². The second-order valence-electron chi connectivity index (χ2n) is 4.15. The van der Waals surface area contributed by atoms with Crippen LogP contribution in [0.5, 0.6) is 0 Å². The lowest BCUT2D eigenvalue weighted by Gasteiger charge is -2.39. The van der Waals surface area contributed by atoms with Crippen molar-refractivity contribution < 1.29 is 19.5 Å². The van der Waals surface area contributed by atoms with E-state index in [9.17, 15) is 4.79 Å². The molecule has 1 aliphatic rings. The number of carboxylic acid groups (broad SMARTS) is 1. The summed E-state index contributed by atoms with van der Waals surface area (Å²) in [7, 11) is 2.02. The van der Waals surface area contributed by atoms with Gasteiger partial charge in [0.1, 0.15) is 12.5 Å². The third kappa shape index (κ3) is 2.67. The van der Waals surface area contributed by atoms with Crippen LogP contribution in [-0.4, -0.2) is 54.0 Å². The number of rotatable bonds is 3. The van der Waals surface area contributed by atoms with Gasteiger partial charge in [-0.25, -0.2) is 0 Å². The van der Waals surface area contributed by atoms with Crippen LogP contribution in [0.2, 0.25) is 0 Å². The molecule has 4 heteroatoms. The minimum Gasteiger partial charge on any atom is -0.481 e. The van der Waals surface area contributed by atoms with Gasteiger partial charge in [-0.2, -0.15) is 0 Å². The SMILES string of the molecule is C[N+]1(CCO)CCCC(C(=O)O)C1. The van der Waals surface area contributed by atoms with E-state index in [4.69, 9.17) is 10.2 Å². The van der Waals surface area contributed by atoms with Gasteiger partial charge in [0, 0.05) is 0 Å². The lowest BCUT2D eigenvalue weighted by Crippen LogP contribution is -2.53. The molecule has 2 atom stereocenters. The van der Waals surface area contributed by atoms with E-state index in [0.717, 1.165) is 19.4 Å². The molecule has 0 amide bonds. The van der Waals surface area contributed by atoms with Crippen molar-refractivity contribution in [3.63, 3.8) is 0 Å². The Hall–Kier alpha value is -0.610. The Morgan fingerprint density at radius 1 is 1.62 bits per heavy atom. The number of likely N-dealkylation sites (N-methyl/N-ethyl adjacent to an activating group) is 1. The van der Waals surface area contributed by atoms with Gasteiger partial charge in [0.05, 0.1) is 26.7 Å². The van der Waals surface area contributed by atoms with E-state index in [1.807, 2.05) is 7.05 Å². The highest BCUT2D eigenvalue weighted by atomic mass is 16.4. The number of aliphatic hydroxyl groups excluding tert-OH is 1. The normalized spacial score (nSPS) is 34.5. The fourth-order valence-electron chi connectivity index (χ4n) is 2.08. The van der Waals surface area contributed by atoms with Gasteiger partial charge in [0.15, 0.2) is 0 Å². The highest BCUT2D eigenvalue weighted by Crippen LogP contribution is 2.21. The summed E-state index contributed by atoms with van der Waals surface area (Å²) in [5.41, 5.74) is 0. The largest absolute Gasteiger partial charge is 0.481 e. The molecule has 2 N–H and O–H groups in total. The molecule has 1 heterocycles. The minimum atomic E-state index is -0.693. The van der Waals surface area contributed by atoms with E-state index in [1.165, 1.54) is 0 Å². The zero-order chi connectivity index (χ0) is 9.90. The third-order valence-corrected chi connectivity index (χ3v) is 2.90. The van der Waals surface area contributed by atoms with Crippen molar-refractivity contribution in [2.75, 3.05) is 33.3 Å². The number of piperidine rings is 1. The van der Waals surface area contributed by atoms with Crippen LogP contribution >= 0.6 is 0 Å². The summed E-state index contributed by atoms with van der Waals surface area (Å²) in [5.74, 6) is -0.910. The quantitative estimate of drug-likeness (QED) is 0.609. The third-order valence-electron chi connectivity index (χ3n) is 2.90. The number of quaternary nitrogens is 1. The number of aliphatic carboxylic acids is 1. The van der Waals surface area contributed by atoms with Gasteiger partial charge in [-0.05, 0) is 12.8 Å². The van der Waals surface area contributed by atoms with E-state index < -0.39 is 5.97 Å². The molecule has 1 fully saturated rings. The lowest BCUT2D eigenvalue weighted by molar-refractivity contribution is -0.916. The van der Waals surface area contributed by atoms with Crippen LogP contribution in [0.25, 0.3) is 0 Å². The van der Waals surface area contributed by atoms with Crippen molar-refractivity contribution in [1.29, 1.82) is 0 Å². The van der Waals surface area contributed by atoms with Crippen molar-refractivity contribution in [1.82, 2.24) is 0 Å². The predicted octanol–water partition coefficient (Wildman–Crippen LogP) is -0.0801. The summed E-state index contributed by atoms with van der Waals surface area (Å²) in [6, 6.07) is 0. The van der Waals surface area contributed by atoms with E-state index >= 15 is 0 Å². The topological polar surface area (TPSA) is 57.5 Å². The standard InChI is InChI=1S/C9H17NO3/c1-10(5-6-11)4-2-3-8(7-10)9(12)13/h8,11H,2-7H2,1H3/p+1. The summed E-state index contributed by atoms with van der Waals surface area (Å²) in [6.07, 6.45) is 1.74. The maximum absolute atomic E-state index is 10.8. The Labute approximate surface area is 78.4 Å². The second-order valence-corrected chi connectivity index (χ2v) is 4.15. The Kier molecular flexibility index (Phi) is 3.27. The molecule has 76 valence electrons. The molecule has 1 aliphatic heterocycles. The number of aliphatic hydroxyl groups is 1. The van der Waals surface area contributed by atoms with E-state index in [-0.39, 0.29) is 12.5 Å². The molecule has 0 aliphatic carbocycles. The Balaban J connectivity index is 2.54. The molecule has 1 rings (SSSR count). The summed E-state index contributed by atoms with van der Waals surface area (Å²) >= 11 is 0. The number of hydrogen-bond acceptors (Lipinski definition) is 2. The monoisotopic (exact) mass is 188 g/mol. The number of carbonyl (C=O) groups is 1. The molecule has 0 aromatic heterocycles. The number of nitrogens with zero attached hydrogens (tertiary/aromatic N) is 1. The Morgan fingerprint density at radius 2 is 2.31 bits per heavy atom. The molecule has 0 aromatic carbocycles. The van der Waals surface area contributed by atoms with E-state index in [2.05, 4.69) is 0 Å². The van der Waals surface area contributed by atoms with Gasteiger partial charge in [-0.3, -0.25) is 4.79 Å². The molecule has 13 heavy (non-hydrogen) atoms. The van der Waals surface area contributed by atoms with Crippen molar-refractivity contribution in [2.24, 2.45) is 5.92 Å². The molecular weight excluding hydrogens is 170 g/mol. The highest BCUT2D eigenvalue weighted by Gasteiger charge is 2.34. The first kappa shape index (κ1) is 10.5. The van der Waals surface area contributed by atoms with Crippen LogP contribution in [-0.2, 0) is 4.79 Å². The summed E-state index contributed by atoms with van der Waals surface area (Å²) in [6.45, 7) is 2.47. The molecule has 1 saturated heterocycles. The first-order valence-corrected chi connectivity index (χ1v) is 4.75. The van der Waals surface area contributed by atoms with Crippen LogP contribution in [0.1, 0.15) is 12.8 Å². The second kappa shape index (κ2) is 4.07. The molecular formula is C9H18NO3+. The average Bonchev–Trinajstić information content (AvgIpc) is 2.04. The maximum atomic E-state index is 10.8. The highest BCUT2D eigenvalue weighted by molar-refractivity contribution is 5.70. The molecule has 0 spiro atoms. The van der Waals surface area contributed by atoms with Crippen molar-refractivity contribution in [2.45, 2.75) is 12.8 Å². The van der Waals surface area contributed by atoms with Gasteiger partial charge in [0.2, 0.25) is 0 Å². The number of carboxylic acids is 1. The van der Waals surface area contributed by atoms with Gasteiger partial charge >= 0.3 is 5.97 Å². The van der Waals surface area contributed by atoms with Gasteiger partial charge < -0.3 is 14.7 Å².